The molecular weight excluding hydrogens is 198 g/mol. The first-order valence-electron chi connectivity index (χ1n) is 4.97. The van der Waals surface area contributed by atoms with Gasteiger partial charge >= 0.3 is 6.09 Å². The van der Waals surface area contributed by atoms with Gasteiger partial charge in [0.05, 0.1) is 6.61 Å². The van der Waals surface area contributed by atoms with Crippen LogP contribution in [0.15, 0.2) is 0 Å². The van der Waals surface area contributed by atoms with Gasteiger partial charge in [-0.05, 0) is 27.7 Å². The van der Waals surface area contributed by atoms with E-state index in [-0.39, 0.29) is 5.78 Å². The Hall–Kier alpha value is -1.10. The molecule has 1 amide bonds. The zero-order chi connectivity index (χ0) is 11.6. The predicted molar refractivity (Wildman–Crippen MR) is 53.1 cm³/mol. The van der Waals surface area contributed by atoms with Gasteiger partial charge in [0.15, 0.2) is 5.78 Å². The maximum Gasteiger partial charge on any atom is 0.435 e. The molecule has 0 aliphatic carbocycles. The quantitative estimate of drug-likeness (QED) is 0.665. The highest BCUT2D eigenvalue weighted by Crippen LogP contribution is 2.19. The molecule has 0 aromatic carbocycles. The van der Waals surface area contributed by atoms with Crippen molar-refractivity contribution in [1.29, 1.82) is 0 Å². The standard InChI is InChI=1S/C10H17NO4/c1-7(12)8-5-6-14-11(8)9(13)15-10(2,3)4/h8H,5-6H2,1-4H3. The van der Waals surface area contributed by atoms with Gasteiger partial charge in [0, 0.05) is 6.42 Å². The Labute approximate surface area is 89.3 Å². The molecule has 1 fully saturated rings. The van der Waals surface area contributed by atoms with E-state index in [4.69, 9.17) is 9.57 Å². The molecule has 1 atom stereocenters. The lowest BCUT2D eigenvalue weighted by atomic mass is 10.1. The highest BCUT2D eigenvalue weighted by molar-refractivity contribution is 5.85. The van der Waals surface area contributed by atoms with Crippen molar-refractivity contribution in [2.75, 3.05) is 6.61 Å². The Morgan fingerprint density at radius 3 is 2.47 bits per heavy atom. The predicted octanol–water partition coefficient (Wildman–Crippen LogP) is 1.52. The van der Waals surface area contributed by atoms with Gasteiger partial charge in [0.25, 0.3) is 0 Å². The minimum absolute atomic E-state index is 0.0849. The fraction of sp³-hybridized carbons (Fsp3) is 0.800. The molecular formula is C10H17NO4. The Bertz CT molecular complexity index is 269. The number of nitrogens with zero attached hydrogens (tertiary/aromatic N) is 1. The van der Waals surface area contributed by atoms with Gasteiger partial charge in [-0.2, -0.15) is 5.06 Å². The fourth-order valence-corrected chi connectivity index (χ4v) is 1.33. The fourth-order valence-electron chi connectivity index (χ4n) is 1.33. The van der Waals surface area contributed by atoms with Crippen molar-refractivity contribution < 1.29 is 19.2 Å². The first-order chi connectivity index (χ1) is 6.81. The van der Waals surface area contributed by atoms with E-state index in [1.54, 1.807) is 20.8 Å². The average molecular weight is 215 g/mol. The molecule has 86 valence electrons. The summed E-state index contributed by atoms with van der Waals surface area (Å²) in [6, 6.07) is -0.500. The molecule has 5 nitrogen and oxygen atoms in total. The van der Waals surface area contributed by atoms with Gasteiger partial charge in [-0.15, -0.1) is 0 Å². The number of ether oxygens (including phenoxy) is 1. The Balaban J connectivity index is 2.63. The Morgan fingerprint density at radius 1 is 1.40 bits per heavy atom. The molecule has 0 aromatic rings. The van der Waals surface area contributed by atoms with Crippen molar-refractivity contribution in [2.45, 2.75) is 45.8 Å². The second-order valence-corrected chi connectivity index (χ2v) is 4.55. The van der Waals surface area contributed by atoms with Gasteiger partial charge in [0.2, 0.25) is 0 Å². The molecule has 0 bridgehead atoms. The van der Waals surface area contributed by atoms with Crippen LogP contribution in [-0.2, 0) is 14.4 Å². The molecule has 1 saturated heterocycles. The van der Waals surface area contributed by atoms with Crippen LogP contribution in [0.3, 0.4) is 0 Å². The van der Waals surface area contributed by atoms with E-state index in [1.807, 2.05) is 0 Å². The van der Waals surface area contributed by atoms with Crippen LogP contribution in [-0.4, -0.2) is 35.2 Å². The summed E-state index contributed by atoms with van der Waals surface area (Å²) in [5.41, 5.74) is -0.579. The molecule has 0 N–H and O–H groups in total. The molecule has 1 aliphatic rings. The van der Waals surface area contributed by atoms with Crippen LogP contribution in [0, 0.1) is 0 Å². The molecule has 0 spiro atoms. The van der Waals surface area contributed by atoms with Gasteiger partial charge in [-0.25, -0.2) is 4.79 Å². The van der Waals surface area contributed by atoms with Gasteiger partial charge in [-0.3, -0.25) is 9.63 Å². The number of rotatable bonds is 1. The lowest BCUT2D eigenvalue weighted by Gasteiger charge is -2.25. The number of hydrogen-bond donors (Lipinski definition) is 0. The number of Topliss-reactive ketones (excluding diaryl/α,β-unsaturated/α-hetero) is 1. The van der Waals surface area contributed by atoms with E-state index < -0.39 is 17.7 Å². The number of ketones is 1. The van der Waals surface area contributed by atoms with Crippen LogP contribution < -0.4 is 0 Å². The second kappa shape index (κ2) is 4.18. The molecule has 1 rings (SSSR count). The number of hydroxylamine groups is 2. The highest BCUT2D eigenvalue weighted by Gasteiger charge is 2.36. The summed E-state index contributed by atoms with van der Waals surface area (Å²) in [6.07, 6.45) is -0.0608. The lowest BCUT2D eigenvalue weighted by molar-refractivity contribution is -0.144. The third-order valence-electron chi connectivity index (χ3n) is 1.95. The van der Waals surface area contributed by atoms with Crippen molar-refractivity contribution in [2.24, 2.45) is 0 Å². The van der Waals surface area contributed by atoms with Crippen molar-refractivity contribution >= 4 is 11.9 Å². The average Bonchev–Trinajstić information content (AvgIpc) is 2.47. The minimum Gasteiger partial charge on any atom is -0.442 e. The second-order valence-electron chi connectivity index (χ2n) is 4.55. The summed E-state index contributed by atoms with van der Waals surface area (Å²) in [6.45, 7) is 7.12. The van der Waals surface area contributed by atoms with E-state index in [0.717, 1.165) is 5.06 Å². The van der Waals surface area contributed by atoms with Gasteiger partial charge in [0.1, 0.15) is 11.6 Å². The molecule has 5 heteroatoms. The van der Waals surface area contributed by atoms with E-state index in [1.165, 1.54) is 6.92 Å². The van der Waals surface area contributed by atoms with Crippen LogP contribution in [0.1, 0.15) is 34.1 Å². The lowest BCUT2D eigenvalue weighted by Crippen LogP contribution is -2.41. The molecule has 1 aliphatic heterocycles. The van der Waals surface area contributed by atoms with Crippen LogP contribution in [0.25, 0.3) is 0 Å². The van der Waals surface area contributed by atoms with Crippen molar-refractivity contribution in [3.8, 4) is 0 Å². The van der Waals surface area contributed by atoms with Crippen LogP contribution in [0.4, 0.5) is 4.79 Å². The topological polar surface area (TPSA) is 55.8 Å². The Morgan fingerprint density at radius 2 is 2.00 bits per heavy atom. The van der Waals surface area contributed by atoms with Crippen molar-refractivity contribution in [3.63, 3.8) is 0 Å². The van der Waals surface area contributed by atoms with Crippen LogP contribution >= 0.6 is 0 Å². The summed E-state index contributed by atoms with van der Waals surface area (Å²) in [5.74, 6) is -0.0849. The SMILES string of the molecule is CC(=O)C1CCON1C(=O)OC(C)(C)C. The molecule has 1 heterocycles. The number of carbonyl (C=O) groups excluding carboxylic acids is 2. The zero-order valence-electron chi connectivity index (χ0n) is 9.57. The third kappa shape index (κ3) is 3.20. The third-order valence-corrected chi connectivity index (χ3v) is 1.95. The number of carbonyl (C=O) groups is 2. The van der Waals surface area contributed by atoms with Crippen LogP contribution in [0.5, 0.6) is 0 Å². The first-order valence-corrected chi connectivity index (χ1v) is 4.97. The van der Waals surface area contributed by atoms with E-state index >= 15 is 0 Å². The minimum atomic E-state index is -0.597. The number of amides is 1. The van der Waals surface area contributed by atoms with Gasteiger partial charge < -0.3 is 4.74 Å². The van der Waals surface area contributed by atoms with Crippen molar-refractivity contribution in [1.82, 2.24) is 5.06 Å². The molecule has 0 aromatic heterocycles. The summed E-state index contributed by atoms with van der Waals surface area (Å²) in [5, 5.41) is 1.04. The van der Waals surface area contributed by atoms with Gasteiger partial charge in [-0.1, -0.05) is 0 Å². The summed E-state index contributed by atoms with van der Waals surface area (Å²) in [7, 11) is 0. The highest BCUT2D eigenvalue weighted by atomic mass is 16.7. The molecule has 0 saturated carbocycles. The van der Waals surface area contributed by atoms with E-state index in [0.29, 0.717) is 13.0 Å². The smallest absolute Gasteiger partial charge is 0.435 e. The molecule has 15 heavy (non-hydrogen) atoms. The van der Waals surface area contributed by atoms with Crippen LogP contribution in [0.2, 0.25) is 0 Å². The first kappa shape index (κ1) is 12.0. The summed E-state index contributed by atoms with van der Waals surface area (Å²) >= 11 is 0. The molecule has 1 unspecified atom stereocenters. The monoisotopic (exact) mass is 215 g/mol. The largest absolute Gasteiger partial charge is 0.442 e. The summed E-state index contributed by atoms with van der Waals surface area (Å²) in [4.78, 5) is 27.9. The summed E-state index contributed by atoms with van der Waals surface area (Å²) < 4.78 is 5.11. The Kier molecular flexibility index (Phi) is 3.34. The number of hydrogen-bond acceptors (Lipinski definition) is 4. The normalized spacial score (nSPS) is 21.6. The molecule has 0 radical (unpaired) electrons. The van der Waals surface area contributed by atoms with E-state index in [2.05, 4.69) is 0 Å². The maximum absolute atomic E-state index is 11.6. The maximum atomic E-state index is 11.6. The van der Waals surface area contributed by atoms with E-state index in [9.17, 15) is 9.59 Å². The zero-order valence-corrected chi connectivity index (χ0v) is 9.57. The van der Waals surface area contributed by atoms with Crippen molar-refractivity contribution in [3.05, 3.63) is 0 Å².